The van der Waals surface area contributed by atoms with Gasteiger partial charge in [0.25, 0.3) is 11.6 Å². The molecule has 0 aliphatic heterocycles. The van der Waals surface area contributed by atoms with Gasteiger partial charge in [-0.1, -0.05) is 11.6 Å². The summed E-state index contributed by atoms with van der Waals surface area (Å²) in [6.07, 6.45) is -3.94. The highest BCUT2D eigenvalue weighted by Gasteiger charge is 2.31. The Morgan fingerprint density at radius 3 is 2.24 bits per heavy atom. The predicted octanol–water partition coefficient (Wildman–Crippen LogP) is 4.04. The number of alkyl halides is 3. The van der Waals surface area contributed by atoms with E-state index >= 15 is 0 Å². The monoisotopic (exact) mass is 591 g/mol. The van der Waals surface area contributed by atoms with Crippen LogP contribution in [0, 0.1) is 10.1 Å². The molecular formula is C18H18ClF3N3O10PS. The first-order chi connectivity index (χ1) is 16.8. The number of primary amides is 1. The van der Waals surface area contributed by atoms with E-state index in [9.17, 15) is 45.9 Å². The van der Waals surface area contributed by atoms with Gasteiger partial charge in [-0.05, 0) is 31.2 Å². The lowest BCUT2D eigenvalue weighted by Crippen LogP contribution is -2.29. The number of carbonyl (C=O) groups excluding carboxylic acids is 2. The first kappa shape index (κ1) is 31.8. The number of nitro groups is 1. The van der Waals surface area contributed by atoms with Crippen molar-refractivity contribution in [1.82, 2.24) is 4.72 Å². The molecule has 2 rings (SSSR count). The maximum atomic E-state index is 12.7. The maximum absolute atomic E-state index is 12.7. The van der Waals surface area contributed by atoms with Gasteiger partial charge in [-0.15, -0.1) is 0 Å². The van der Waals surface area contributed by atoms with Crippen LogP contribution in [-0.4, -0.2) is 42.7 Å². The smallest absolute Gasteiger partial charge is 0.416 e. The second kappa shape index (κ2) is 12.3. The van der Waals surface area contributed by atoms with Gasteiger partial charge in [0.05, 0.1) is 28.4 Å². The van der Waals surface area contributed by atoms with E-state index in [1.807, 2.05) is 0 Å². The third-order valence-electron chi connectivity index (χ3n) is 3.76. The molecular weight excluding hydrogens is 574 g/mol. The SMILES string of the molecule is CCOP(=O)(O)C(N)=O.CS(=O)(=O)NC(=O)c1cc(Oc2ccc(C(F)(F)F)cc2Cl)ccc1[N+](=O)[O-]. The Balaban J connectivity index is 0.000000649. The second-order valence-corrected chi connectivity index (χ2v) is 10.6. The van der Waals surface area contributed by atoms with Gasteiger partial charge >= 0.3 is 19.4 Å². The molecule has 0 spiro atoms. The molecule has 13 nitrogen and oxygen atoms in total. The van der Waals surface area contributed by atoms with Gasteiger partial charge in [-0.25, -0.2) is 17.7 Å². The lowest BCUT2D eigenvalue weighted by Gasteiger charge is -2.12. The van der Waals surface area contributed by atoms with Gasteiger partial charge in [0.2, 0.25) is 10.0 Å². The Labute approximate surface area is 212 Å². The zero-order chi connectivity index (χ0) is 28.8. The number of ether oxygens (including phenoxy) is 1. The summed E-state index contributed by atoms with van der Waals surface area (Å²) in [5.74, 6) is -1.68. The van der Waals surface area contributed by atoms with Crippen LogP contribution in [0.3, 0.4) is 0 Å². The number of nitro benzene ring substituents is 1. The second-order valence-electron chi connectivity index (χ2n) is 6.66. The van der Waals surface area contributed by atoms with Gasteiger partial charge in [-0.2, -0.15) is 13.2 Å². The lowest BCUT2D eigenvalue weighted by atomic mass is 10.1. The van der Waals surface area contributed by atoms with Crippen molar-refractivity contribution in [3.63, 3.8) is 0 Å². The molecule has 2 aromatic rings. The molecule has 0 fully saturated rings. The Morgan fingerprint density at radius 1 is 1.24 bits per heavy atom. The fourth-order valence-corrected chi connectivity index (χ4v) is 3.41. The van der Waals surface area contributed by atoms with Crippen LogP contribution in [0.15, 0.2) is 36.4 Å². The van der Waals surface area contributed by atoms with Gasteiger partial charge < -0.3 is 19.9 Å². The fourth-order valence-electron chi connectivity index (χ4n) is 2.27. The number of benzene rings is 2. The fraction of sp³-hybridized carbons (Fsp3) is 0.222. The highest BCUT2D eigenvalue weighted by molar-refractivity contribution is 7.89. The molecule has 19 heteroatoms. The molecule has 4 N–H and O–H groups in total. The van der Waals surface area contributed by atoms with Gasteiger partial charge in [-0.3, -0.25) is 19.7 Å². The van der Waals surface area contributed by atoms with Crippen molar-refractivity contribution in [3.8, 4) is 11.5 Å². The summed E-state index contributed by atoms with van der Waals surface area (Å²) in [6.45, 7) is 1.49. The number of hydrogen-bond acceptors (Lipinski definition) is 9. The van der Waals surface area contributed by atoms with Crippen LogP contribution in [0.2, 0.25) is 5.02 Å². The van der Waals surface area contributed by atoms with Crippen LogP contribution < -0.4 is 15.2 Å². The van der Waals surface area contributed by atoms with Crippen molar-refractivity contribution in [3.05, 3.63) is 62.7 Å². The Kier molecular flexibility index (Phi) is 10.6. The molecule has 0 heterocycles. The quantitative estimate of drug-likeness (QED) is 0.228. The minimum absolute atomic E-state index is 0.00326. The van der Waals surface area contributed by atoms with Crippen molar-refractivity contribution >= 4 is 46.5 Å². The Morgan fingerprint density at radius 2 is 1.84 bits per heavy atom. The number of rotatable bonds is 8. The van der Waals surface area contributed by atoms with Crippen LogP contribution in [0.1, 0.15) is 22.8 Å². The minimum atomic E-state index is -4.62. The average Bonchev–Trinajstić information content (AvgIpc) is 2.73. The molecule has 0 bridgehead atoms. The van der Waals surface area contributed by atoms with Crippen molar-refractivity contribution in [2.24, 2.45) is 5.73 Å². The number of halogens is 4. The third kappa shape index (κ3) is 9.97. The van der Waals surface area contributed by atoms with Crippen LogP contribution >= 0.6 is 19.2 Å². The first-order valence-electron chi connectivity index (χ1n) is 9.41. The van der Waals surface area contributed by atoms with E-state index in [2.05, 4.69) is 10.3 Å². The first-order valence-corrected chi connectivity index (χ1v) is 13.3. The van der Waals surface area contributed by atoms with Crippen LogP contribution in [0.4, 0.5) is 23.7 Å². The Bertz CT molecular complexity index is 1350. The molecule has 0 radical (unpaired) electrons. The number of carbonyl (C=O) groups is 2. The number of hydrogen-bond donors (Lipinski definition) is 3. The van der Waals surface area contributed by atoms with E-state index < -0.39 is 62.1 Å². The number of amides is 2. The summed E-state index contributed by atoms with van der Waals surface area (Å²) in [6, 6.07) is 5.09. The molecule has 1 atom stereocenters. The molecule has 0 saturated heterocycles. The van der Waals surface area contributed by atoms with Crippen molar-refractivity contribution in [2.75, 3.05) is 12.9 Å². The highest BCUT2D eigenvalue weighted by Crippen LogP contribution is 2.41. The van der Waals surface area contributed by atoms with Crippen LogP contribution in [0.5, 0.6) is 11.5 Å². The topological polar surface area (TPSA) is 205 Å². The molecule has 2 aromatic carbocycles. The molecule has 2 amide bonds. The van der Waals surface area contributed by atoms with E-state index in [0.29, 0.717) is 18.4 Å². The largest absolute Gasteiger partial charge is 0.456 e. The summed E-state index contributed by atoms with van der Waals surface area (Å²) in [7, 11) is -8.13. The minimum Gasteiger partial charge on any atom is -0.456 e. The number of nitrogens with zero attached hydrogens (tertiary/aromatic N) is 1. The van der Waals surface area contributed by atoms with Crippen molar-refractivity contribution in [1.29, 1.82) is 0 Å². The summed E-state index contributed by atoms with van der Waals surface area (Å²) in [4.78, 5) is 40.6. The number of nitrogens with one attached hydrogen (secondary N) is 1. The van der Waals surface area contributed by atoms with Crippen molar-refractivity contribution in [2.45, 2.75) is 13.1 Å². The molecule has 204 valence electrons. The summed E-state index contributed by atoms with van der Waals surface area (Å²) >= 11 is 5.76. The predicted molar refractivity (Wildman–Crippen MR) is 123 cm³/mol. The molecule has 0 aliphatic rings. The molecule has 0 aliphatic carbocycles. The summed E-state index contributed by atoms with van der Waals surface area (Å²) < 4.78 is 81.7. The van der Waals surface area contributed by atoms with E-state index in [4.69, 9.17) is 21.2 Å². The molecule has 0 saturated carbocycles. The van der Waals surface area contributed by atoms with Crippen LogP contribution in [-0.2, 0) is 25.3 Å². The third-order valence-corrected chi connectivity index (χ3v) is 5.77. The average molecular weight is 592 g/mol. The van der Waals surface area contributed by atoms with Gasteiger partial charge in [0, 0.05) is 12.1 Å². The van der Waals surface area contributed by atoms with Gasteiger partial charge in [0.1, 0.15) is 17.1 Å². The standard InChI is InChI=1S/C15H10ClF3N2O6S.C3H8NO4P/c1-28(25,26)20-14(22)10-7-9(3-4-12(10)21(23)24)27-13-5-2-8(6-11(13)16)15(17,18)19;1-2-8-9(6,7)3(4)5/h2-7H,1H3,(H,20,22);2H2,1H3,(H2,4,5)(H,6,7). The molecule has 0 aromatic heterocycles. The summed E-state index contributed by atoms with van der Waals surface area (Å²) in [5, 5.41) is 10.7. The van der Waals surface area contributed by atoms with E-state index in [-0.39, 0.29) is 18.1 Å². The normalized spacial score (nSPS) is 12.9. The lowest BCUT2D eigenvalue weighted by molar-refractivity contribution is -0.385. The zero-order valence-electron chi connectivity index (χ0n) is 18.7. The maximum Gasteiger partial charge on any atom is 0.416 e. The molecule has 1 unspecified atom stereocenters. The highest BCUT2D eigenvalue weighted by atomic mass is 35.5. The number of nitrogens with two attached hydrogens (primary N) is 1. The van der Waals surface area contributed by atoms with Crippen molar-refractivity contribution < 1.29 is 54.8 Å². The molecule has 37 heavy (non-hydrogen) atoms. The number of sulfonamides is 1. The van der Waals surface area contributed by atoms with Gasteiger partial charge in [0.15, 0.2) is 0 Å². The van der Waals surface area contributed by atoms with E-state index in [1.165, 1.54) is 6.92 Å². The van der Waals surface area contributed by atoms with E-state index in [0.717, 1.165) is 24.3 Å². The van der Waals surface area contributed by atoms with E-state index in [1.54, 1.807) is 4.72 Å². The van der Waals surface area contributed by atoms with Crippen LogP contribution in [0.25, 0.3) is 0 Å². The zero-order valence-corrected chi connectivity index (χ0v) is 21.2. The Hall–Kier alpha value is -3.24. The summed E-state index contributed by atoms with van der Waals surface area (Å²) in [5.41, 5.74) is 0.821.